The van der Waals surface area contributed by atoms with Gasteiger partial charge in [0.1, 0.15) is 16.4 Å². The number of hydrogen-bond acceptors (Lipinski definition) is 5. The van der Waals surface area contributed by atoms with E-state index in [1.807, 2.05) is 0 Å². The van der Waals surface area contributed by atoms with E-state index < -0.39 is 38.8 Å². The van der Waals surface area contributed by atoms with Crippen LogP contribution in [0.4, 0.5) is 14.5 Å². The predicted molar refractivity (Wildman–Crippen MR) is 68.5 cm³/mol. The molecule has 9 heteroatoms. The second-order valence-corrected chi connectivity index (χ2v) is 5.80. The molecule has 0 spiro atoms. The summed E-state index contributed by atoms with van der Waals surface area (Å²) >= 11 is 0. The van der Waals surface area contributed by atoms with Crippen molar-refractivity contribution in [2.75, 3.05) is 39.1 Å². The Hall–Kier alpha value is -1.29. The molecule has 0 aliphatic heterocycles. The lowest BCUT2D eigenvalue weighted by molar-refractivity contribution is 0.168. The van der Waals surface area contributed by atoms with E-state index in [-0.39, 0.29) is 19.7 Å². The zero-order valence-electron chi connectivity index (χ0n) is 10.8. The molecule has 0 unspecified atom stereocenters. The average Bonchev–Trinajstić information content (AvgIpc) is 2.40. The van der Waals surface area contributed by atoms with Gasteiger partial charge in [0.2, 0.25) is 10.0 Å². The number of sulfonamides is 1. The van der Waals surface area contributed by atoms with Gasteiger partial charge in [-0.2, -0.15) is 4.31 Å². The fraction of sp³-hybridized carbons (Fsp3) is 0.455. The summed E-state index contributed by atoms with van der Waals surface area (Å²) in [7, 11) is -2.86. The van der Waals surface area contributed by atoms with Crippen molar-refractivity contribution < 1.29 is 27.0 Å². The molecule has 0 saturated carbocycles. The van der Waals surface area contributed by atoms with Crippen LogP contribution in [0.1, 0.15) is 0 Å². The molecule has 1 aromatic rings. The average molecular weight is 310 g/mol. The largest absolute Gasteiger partial charge is 0.395 e. The molecule has 0 atom stereocenters. The lowest BCUT2D eigenvalue weighted by Crippen LogP contribution is -2.36. The molecule has 0 fully saturated rings. The van der Waals surface area contributed by atoms with Gasteiger partial charge >= 0.3 is 0 Å². The van der Waals surface area contributed by atoms with Gasteiger partial charge in [-0.25, -0.2) is 17.2 Å². The van der Waals surface area contributed by atoms with Crippen LogP contribution in [0.25, 0.3) is 0 Å². The van der Waals surface area contributed by atoms with Crippen molar-refractivity contribution in [2.45, 2.75) is 4.90 Å². The number of hydrogen-bond donors (Lipinski definition) is 2. The molecule has 114 valence electrons. The van der Waals surface area contributed by atoms with E-state index in [1.54, 1.807) is 0 Å². The number of ether oxygens (including phenoxy) is 1. The van der Waals surface area contributed by atoms with Crippen LogP contribution in [0.2, 0.25) is 0 Å². The van der Waals surface area contributed by atoms with E-state index in [0.29, 0.717) is 0 Å². The third kappa shape index (κ3) is 3.42. The maximum absolute atomic E-state index is 13.8. The molecule has 0 aromatic heterocycles. The van der Waals surface area contributed by atoms with Gasteiger partial charge in [0, 0.05) is 20.2 Å². The van der Waals surface area contributed by atoms with Crippen LogP contribution in [0.5, 0.6) is 0 Å². The first-order valence-corrected chi connectivity index (χ1v) is 7.13. The molecular formula is C11H16F2N2O4S. The number of anilines is 1. The molecule has 0 heterocycles. The standard InChI is InChI=1S/C11H16F2N2O4S/c1-19-7-5-15(4-6-16)20(17,18)9-3-2-8(12)11(14)10(9)13/h2-3,16H,4-7,14H2,1H3. The quantitative estimate of drug-likeness (QED) is 0.701. The molecule has 0 bridgehead atoms. The van der Waals surface area contributed by atoms with Crippen LogP contribution in [0, 0.1) is 11.6 Å². The molecule has 3 N–H and O–H groups in total. The topological polar surface area (TPSA) is 92.9 Å². The Labute approximate surface area is 115 Å². The van der Waals surface area contributed by atoms with E-state index in [1.165, 1.54) is 7.11 Å². The summed E-state index contributed by atoms with van der Waals surface area (Å²) in [4.78, 5) is -0.735. The van der Waals surface area contributed by atoms with Gasteiger partial charge < -0.3 is 15.6 Å². The summed E-state index contributed by atoms with van der Waals surface area (Å²) in [6, 6.07) is 1.58. The zero-order valence-corrected chi connectivity index (χ0v) is 11.7. The van der Waals surface area contributed by atoms with Gasteiger partial charge in [-0.05, 0) is 12.1 Å². The first-order chi connectivity index (χ1) is 9.36. The first-order valence-electron chi connectivity index (χ1n) is 5.69. The Morgan fingerprint density at radius 1 is 1.35 bits per heavy atom. The van der Waals surface area contributed by atoms with Crippen molar-refractivity contribution in [3.8, 4) is 0 Å². The van der Waals surface area contributed by atoms with Gasteiger partial charge in [-0.1, -0.05) is 0 Å². The number of nitrogen functional groups attached to an aromatic ring is 1. The molecule has 6 nitrogen and oxygen atoms in total. The van der Waals surface area contributed by atoms with Crippen LogP contribution in [-0.4, -0.2) is 51.2 Å². The summed E-state index contributed by atoms with van der Waals surface area (Å²) in [6.07, 6.45) is 0. The third-order valence-corrected chi connectivity index (χ3v) is 4.52. The number of rotatable bonds is 7. The molecule has 1 rings (SSSR count). The number of benzene rings is 1. The van der Waals surface area contributed by atoms with Gasteiger partial charge in [0.05, 0.1) is 13.2 Å². The van der Waals surface area contributed by atoms with Crippen molar-refractivity contribution in [2.24, 2.45) is 0 Å². The Kier molecular flexibility index (Phi) is 5.81. The van der Waals surface area contributed by atoms with Gasteiger partial charge in [0.25, 0.3) is 0 Å². The van der Waals surface area contributed by atoms with Gasteiger partial charge in [0.15, 0.2) is 5.82 Å². The molecular weight excluding hydrogens is 294 g/mol. The van der Waals surface area contributed by atoms with Crippen LogP contribution >= 0.6 is 0 Å². The van der Waals surface area contributed by atoms with Crippen LogP contribution in [0.15, 0.2) is 17.0 Å². The summed E-state index contributed by atoms with van der Waals surface area (Å²) in [5.74, 6) is -2.38. The van der Waals surface area contributed by atoms with E-state index in [4.69, 9.17) is 15.6 Å². The van der Waals surface area contributed by atoms with Crippen molar-refractivity contribution in [1.29, 1.82) is 0 Å². The molecule has 0 amide bonds. The fourth-order valence-electron chi connectivity index (χ4n) is 1.54. The Balaban J connectivity index is 3.22. The fourth-order valence-corrected chi connectivity index (χ4v) is 3.04. The van der Waals surface area contributed by atoms with Crippen molar-refractivity contribution in [3.63, 3.8) is 0 Å². The Bertz CT molecular complexity index is 566. The zero-order chi connectivity index (χ0) is 15.3. The summed E-state index contributed by atoms with van der Waals surface area (Å²) in [5.41, 5.74) is 4.29. The molecule has 1 aromatic carbocycles. The van der Waals surface area contributed by atoms with Crippen LogP contribution < -0.4 is 5.73 Å². The van der Waals surface area contributed by atoms with E-state index in [9.17, 15) is 17.2 Å². The number of aliphatic hydroxyl groups excluding tert-OH is 1. The van der Waals surface area contributed by atoms with Gasteiger partial charge in [-0.3, -0.25) is 0 Å². The smallest absolute Gasteiger partial charge is 0.246 e. The minimum atomic E-state index is -4.23. The van der Waals surface area contributed by atoms with E-state index in [0.717, 1.165) is 16.4 Å². The van der Waals surface area contributed by atoms with Crippen molar-refractivity contribution in [3.05, 3.63) is 23.8 Å². The second kappa shape index (κ2) is 6.93. The number of nitrogens with two attached hydrogens (primary N) is 1. The van der Waals surface area contributed by atoms with Crippen LogP contribution in [0.3, 0.4) is 0 Å². The minimum absolute atomic E-state index is 0.0670. The summed E-state index contributed by atoms with van der Waals surface area (Å²) in [5, 5.41) is 8.89. The van der Waals surface area contributed by atoms with Crippen LogP contribution in [-0.2, 0) is 14.8 Å². The Morgan fingerprint density at radius 3 is 2.55 bits per heavy atom. The van der Waals surface area contributed by atoms with Crippen molar-refractivity contribution in [1.82, 2.24) is 4.31 Å². The summed E-state index contributed by atoms with van der Waals surface area (Å²) < 4.78 is 57.0. The summed E-state index contributed by atoms with van der Waals surface area (Å²) in [6.45, 7) is -0.683. The van der Waals surface area contributed by atoms with E-state index in [2.05, 4.69) is 0 Å². The number of nitrogens with zero attached hydrogens (tertiary/aromatic N) is 1. The normalized spacial score (nSPS) is 12.1. The highest BCUT2D eigenvalue weighted by molar-refractivity contribution is 7.89. The maximum Gasteiger partial charge on any atom is 0.246 e. The molecule has 0 aliphatic rings. The van der Waals surface area contributed by atoms with Crippen molar-refractivity contribution >= 4 is 15.7 Å². The highest BCUT2D eigenvalue weighted by Gasteiger charge is 2.28. The minimum Gasteiger partial charge on any atom is -0.395 e. The van der Waals surface area contributed by atoms with E-state index >= 15 is 0 Å². The predicted octanol–water partition coefficient (Wildman–Crippen LogP) is 0.176. The monoisotopic (exact) mass is 310 g/mol. The number of aliphatic hydroxyl groups is 1. The second-order valence-electron chi connectivity index (χ2n) is 3.89. The molecule has 0 saturated heterocycles. The maximum atomic E-state index is 13.8. The number of halogens is 2. The SMILES string of the molecule is COCCN(CCO)S(=O)(=O)c1ccc(F)c(N)c1F. The molecule has 0 aliphatic carbocycles. The lowest BCUT2D eigenvalue weighted by Gasteiger charge is -2.21. The van der Waals surface area contributed by atoms with Gasteiger partial charge in [-0.15, -0.1) is 0 Å². The lowest BCUT2D eigenvalue weighted by atomic mass is 10.3. The number of methoxy groups -OCH3 is 1. The highest BCUT2D eigenvalue weighted by atomic mass is 32.2. The Morgan fingerprint density at radius 2 is 2.00 bits per heavy atom. The first kappa shape index (κ1) is 16.8. The third-order valence-electron chi connectivity index (χ3n) is 2.60. The molecule has 20 heavy (non-hydrogen) atoms. The highest BCUT2D eigenvalue weighted by Crippen LogP contribution is 2.25. The molecule has 0 radical (unpaired) electrons.